The summed E-state index contributed by atoms with van der Waals surface area (Å²) >= 11 is 6.78. The summed E-state index contributed by atoms with van der Waals surface area (Å²) in [5.74, 6) is 2.46. The number of sulfonamides is 1. The van der Waals surface area contributed by atoms with E-state index in [4.69, 9.17) is 6.42 Å². The topological polar surface area (TPSA) is 87.0 Å². The predicted octanol–water partition coefficient (Wildman–Crippen LogP) is 2.50. The van der Waals surface area contributed by atoms with Gasteiger partial charge in [0.1, 0.15) is 4.90 Å². The fraction of sp³-hybridized carbons (Fsp3) is 0.556. The molecule has 1 saturated heterocycles. The van der Waals surface area contributed by atoms with Gasteiger partial charge in [-0.3, -0.25) is 10.1 Å². The lowest BCUT2D eigenvalue weighted by Crippen LogP contribution is -2.37. The molecular formula is C18H24Br2N4O4S. The Kier molecular flexibility index (Phi) is 8.91. The first-order valence-electron chi connectivity index (χ1n) is 9.10. The third-order valence-corrected chi connectivity index (χ3v) is 7.37. The van der Waals surface area contributed by atoms with E-state index in [-0.39, 0.29) is 16.1 Å². The molecule has 8 nitrogen and oxygen atoms in total. The zero-order valence-electron chi connectivity index (χ0n) is 16.2. The molecule has 0 N–H and O–H groups in total. The summed E-state index contributed by atoms with van der Waals surface area (Å²) in [6.45, 7) is 3.08. The first-order chi connectivity index (χ1) is 13.8. The molecule has 160 valence electrons. The van der Waals surface area contributed by atoms with E-state index in [1.807, 2.05) is 11.9 Å². The van der Waals surface area contributed by atoms with Crippen LogP contribution < -0.4 is 4.90 Å². The Morgan fingerprint density at radius 2 is 1.86 bits per heavy atom. The normalized spacial score (nSPS) is 16.2. The Bertz CT molecular complexity index is 883. The van der Waals surface area contributed by atoms with Gasteiger partial charge in [0.05, 0.1) is 16.2 Å². The van der Waals surface area contributed by atoms with Gasteiger partial charge in [-0.15, -0.1) is 6.42 Å². The lowest BCUT2D eigenvalue weighted by Gasteiger charge is -2.29. The van der Waals surface area contributed by atoms with Gasteiger partial charge in [-0.05, 0) is 20.0 Å². The van der Waals surface area contributed by atoms with E-state index in [9.17, 15) is 18.5 Å². The highest BCUT2D eigenvalue weighted by atomic mass is 79.9. The minimum Gasteiger partial charge on any atom is -0.368 e. The predicted molar refractivity (Wildman–Crippen MR) is 122 cm³/mol. The highest BCUT2D eigenvalue weighted by Gasteiger charge is 2.33. The van der Waals surface area contributed by atoms with E-state index in [1.165, 1.54) is 10.4 Å². The van der Waals surface area contributed by atoms with Crippen molar-refractivity contribution in [2.24, 2.45) is 0 Å². The lowest BCUT2D eigenvalue weighted by molar-refractivity contribution is -0.385. The van der Waals surface area contributed by atoms with E-state index < -0.39 is 14.9 Å². The quantitative estimate of drug-likeness (QED) is 0.213. The summed E-state index contributed by atoms with van der Waals surface area (Å²) in [6, 6.07) is 2.40. The third kappa shape index (κ3) is 5.70. The van der Waals surface area contributed by atoms with Crippen LogP contribution in [0.4, 0.5) is 11.4 Å². The van der Waals surface area contributed by atoms with Crippen LogP contribution >= 0.6 is 31.9 Å². The Morgan fingerprint density at radius 1 is 1.21 bits per heavy atom. The van der Waals surface area contributed by atoms with Crippen molar-refractivity contribution in [3.63, 3.8) is 0 Å². The molecule has 1 aromatic carbocycles. The molecule has 2 rings (SSSR count). The van der Waals surface area contributed by atoms with Gasteiger partial charge in [0.25, 0.3) is 5.69 Å². The smallest absolute Gasteiger partial charge is 0.272 e. The maximum atomic E-state index is 13.6. The van der Waals surface area contributed by atoms with Crippen molar-refractivity contribution in [3.8, 4) is 12.3 Å². The molecular weight excluding hydrogens is 528 g/mol. The van der Waals surface area contributed by atoms with Gasteiger partial charge in [0, 0.05) is 55.5 Å². The number of rotatable bonds is 8. The maximum absolute atomic E-state index is 13.6. The molecule has 0 aromatic heterocycles. The summed E-state index contributed by atoms with van der Waals surface area (Å²) in [6.07, 6.45) is 6.33. The standard InChI is InChI=1S/C18H24Br2N4O4S/c1-3-15-13-16(24(25)26)14-17(18(15)22(9-5-19)10-6-20)29(27,28)23-8-4-7-21(2)11-12-23/h1,13-14H,4-12H2,2H3. The average molecular weight is 552 g/mol. The number of hydrogen-bond acceptors (Lipinski definition) is 6. The van der Waals surface area contributed by atoms with Crippen LogP contribution in [-0.4, -0.2) is 79.5 Å². The summed E-state index contributed by atoms with van der Waals surface area (Å²) in [5.41, 5.74) is 0.214. The number of benzene rings is 1. The summed E-state index contributed by atoms with van der Waals surface area (Å²) in [4.78, 5) is 14.6. The van der Waals surface area contributed by atoms with Gasteiger partial charge >= 0.3 is 0 Å². The zero-order chi connectivity index (χ0) is 21.6. The molecule has 1 heterocycles. The number of non-ortho nitro benzene ring substituents is 1. The van der Waals surface area contributed by atoms with Crippen LogP contribution in [0.2, 0.25) is 0 Å². The van der Waals surface area contributed by atoms with Crippen molar-refractivity contribution in [2.75, 3.05) is 61.9 Å². The molecule has 0 aliphatic carbocycles. The number of anilines is 1. The van der Waals surface area contributed by atoms with Crippen LogP contribution in [0, 0.1) is 22.5 Å². The third-order valence-electron chi connectivity index (χ3n) is 4.75. The van der Waals surface area contributed by atoms with Gasteiger partial charge in [-0.1, -0.05) is 37.8 Å². The fourth-order valence-corrected chi connectivity index (χ4v) is 5.85. The maximum Gasteiger partial charge on any atom is 0.272 e. The molecule has 11 heteroatoms. The van der Waals surface area contributed by atoms with Crippen molar-refractivity contribution in [1.82, 2.24) is 9.21 Å². The van der Waals surface area contributed by atoms with Crippen LogP contribution in [0.5, 0.6) is 0 Å². The number of alkyl halides is 2. The highest BCUT2D eigenvalue weighted by Crippen LogP contribution is 2.35. The number of halogens is 2. The van der Waals surface area contributed by atoms with Crippen molar-refractivity contribution >= 4 is 53.3 Å². The molecule has 1 fully saturated rings. The summed E-state index contributed by atoms with van der Waals surface area (Å²) < 4.78 is 28.6. The van der Waals surface area contributed by atoms with Crippen molar-refractivity contribution in [3.05, 3.63) is 27.8 Å². The number of terminal acetylenes is 1. The molecule has 0 saturated carbocycles. The molecule has 1 aliphatic heterocycles. The molecule has 0 spiro atoms. The van der Waals surface area contributed by atoms with Crippen molar-refractivity contribution in [2.45, 2.75) is 11.3 Å². The molecule has 29 heavy (non-hydrogen) atoms. The van der Waals surface area contributed by atoms with E-state index in [0.717, 1.165) is 12.6 Å². The molecule has 1 aliphatic rings. The number of nitro groups is 1. The second kappa shape index (κ2) is 10.7. The van der Waals surface area contributed by atoms with Crippen LogP contribution in [0.3, 0.4) is 0 Å². The van der Waals surface area contributed by atoms with E-state index in [0.29, 0.717) is 55.5 Å². The fourth-order valence-electron chi connectivity index (χ4n) is 3.27. The largest absolute Gasteiger partial charge is 0.368 e. The monoisotopic (exact) mass is 550 g/mol. The van der Waals surface area contributed by atoms with E-state index >= 15 is 0 Å². The SMILES string of the molecule is C#Cc1cc([N+](=O)[O-])cc(S(=O)(=O)N2CCCN(C)CC2)c1N(CCBr)CCBr. The van der Waals surface area contributed by atoms with Crippen LogP contribution in [0.1, 0.15) is 12.0 Å². The number of hydrogen-bond donors (Lipinski definition) is 0. The number of nitro benzene ring substituents is 1. The van der Waals surface area contributed by atoms with Gasteiger partial charge in [-0.2, -0.15) is 4.31 Å². The molecule has 1 aromatic rings. The number of nitrogens with zero attached hydrogens (tertiary/aromatic N) is 4. The van der Waals surface area contributed by atoms with Crippen LogP contribution in [0.15, 0.2) is 17.0 Å². The minimum absolute atomic E-state index is 0.105. The Hall–Kier alpha value is -1.19. The first kappa shape index (κ1) is 24.1. The number of likely N-dealkylation sites (N-methyl/N-ethyl adjacent to an activating group) is 1. The van der Waals surface area contributed by atoms with Crippen LogP contribution in [0.25, 0.3) is 0 Å². The van der Waals surface area contributed by atoms with E-state index in [2.05, 4.69) is 42.7 Å². The first-order valence-corrected chi connectivity index (χ1v) is 12.8. The molecule has 0 atom stereocenters. The molecule has 0 unspecified atom stereocenters. The van der Waals surface area contributed by atoms with Gasteiger partial charge < -0.3 is 9.80 Å². The second-order valence-electron chi connectivity index (χ2n) is 6.67. The lowest BCUT2D eigenvalue weighted by atomic mass is 10.1. The van der Waals surface area contributed by atoms with Gasteiger partial charge in [0.15, 0.2) is 0 Å². The minimum atomic E-state index is -3.98. The highest BCUT2D eigenvalue weighted by molar-refractivity contribution is 9.09. The van der Waals surface area contributed by atoms with Crippen LogP contribution in [-0.2, 0) is 10.0 Å². The summed E-state index contributed by atoms with van der Waals surface area (Å²) in [5, 5.41) is 12.6. The van der Waals surface area contributed by atoms with E-state index in [1.54, 1.807) is 0 Å². The average Bonchev–Trinajstić information content (AvgIpc) is 2.91. The summed E-state index contributed by atoms with van der Waals surface area (Å²) in [7, 11) is -2.03. The van der Waals surface area contributed by atoms with Gasteiger partial charge in [-0.25, -0.2) is 8.42 Å². The van der Waals surface area contributed by atoms with Crippen molar-refractivity contribution in [1.29, 1.82) is 0 Å². The molecule has 0 radical (unpaired) electrons. The Balaban J connectivity index is 2.70. The molecule has 0 amide bonds. The zero-order valence-corrected chi connectivity index (χ0v) is 20.2. The Labute approximate surface area is 188 Å². The molecule has 0 bridgehead atoms. The van der Waals surface area contributed by atoms with Crippen molar-refractivity contribution < 1.29 is 13.3 Å². The van der Waals surface area contributed by atoms with Gasteiger partial charge in [0.2, 0.25) is 10.0 Å². The Morgan fingerprint density at radius 3 is 2.41 bits per heavy atom. The second-order valence-corrected chi connectivity index (χ2v) is 10.2.